The standard InChI is InChI=1S/C8H16O2.Mg/c1-3-5-6-7-8(9)10-4-2;/h3-7H2,1-2H3;/q;+2. The zero-order valence-electron chi connectivity index (χ0n) is 7.56. The Morgan fingerprint density at radius 2 is 1.91 bits per heavy atom. The molecule has 11 heavy (non-hydrogen) atoms. The summed E-state index contributed by atoms with van der Waals surface area (Å²) in [6, 6.07) is 0. The fourth-order valence-corrected chi connectivity index (χ4v) is 0.752. The van der Waals surface area contributed by atoms with Gasteiger partial charge < -0.3 is 4.74 Å². The number of unbranched alkanes of at least 4 members (excludes halogenated alkanes) is 2. The smallest absolute Gasteiger partial charge is 0.466 e. The zero-order chi connectivity index (χ0) is 7.82. The van der Waals surface area contributed by atoms with E-state index < -0.39 is 0 Å². The molecule has 0 aromatic carbocycles. The number of esters is 1. The molecule has 3 heteroatoms. The van der Waals surface area contributed by atoms with Gasteiger partial charge in [-0.2, -0.15) is 0 Å². The molecule has 0 aliphatic carbocycles. The van der Waals surface area contributed by atoms with E-state index in [2.05, 4.69) is 6.92 Å². The van der Waals surface area contributed by atoms with Gasteiger partial charge in [-0.3, -0.25) is 4.79 Å². The molecule has 0 aliphatic rings. The minimum absolute atomic E-state index is 0. The second-order valence-electron chi connectivity index (χ2n) is 2.26. The normalized spacial score (nSPS) is 8.55. The maximum Gasteiger partial charge on any atom is 2.00 e. The van der Waals surface area contributed by atoms with Crippen molar-refractivity contribution in [3.8, 4) is 0 Å². The minimum Gasteiger partial charge on any atom is -0.466 e. The summed E-state index contributed by atoms with van der Waals surface area (Å²) < 4.78 is 4.75. The van der Waals surface area contributed by atoms with Crippen LogP contribution in [0.4, 0.5) is 0 Å². The second-order valence-corrected chi connectivity index (χ2v) is 2.26. The fourth-order valence-electron chi connectivity index (χ4n) is 0.752. The summed E-state index contributed by atoms with van der Waals surface area (Å²) in [6.07, 6.45) is 3.83. The quantitative estimate of drug-likeness (QED) is 0.355. The molecule has 0 aromatic rings. The maximum atomic E-state index is 10.7. The largest absolute Gasteiger partial charge is 2.00 e. The van der Waals surface area contributed by atoms with Crippen molar-refractivity contribution in [3.63, 3.8) is 0 Å². The number of rotatable bonds is 5. The van der Waals surface area contributed by atoms with Crippen molar-refractivity contribution >= 4 is 29.0 Å². The van der Waals surface area contributed by atoms with Crippen LogP contribution in [0, 0.1) is 0 Å². The van der Waals surface area contributed by atoms with E-state index >= 15 is 0 Å². The van der Waals surface area contributed by atoms with Gasteiger partial charge in [0.1, 0.15) is 0 Å². The van der Waals surface area contributed by atoms with Gasteiger partial charge in [-0.1, -0.05) is 19.8 Å². The van der Waals surface area contributed by atoms with Crippen molar-refractivity contribution in [2.24, 2.45) is 0 Å². The summed E-state index contributed by atoms with van der Waals surface area (Å²) in [5.41, 5.74) is 0. The van der Waals surface area contributed by atoms with Crippen LogP contribution >= 0.6 is 0 Å². The summed E-state index contributed by atoms with van der Waals surface area (Å²) in [7, 11) is 0. The SMILES string of the molecule is CCCCCC(=O)OCC.[Mg+2]. The first-order chi connectivity index (χ1) is 4.81. The fraction of sp³-hybridized carbons (Fsp3) is 0.875. The third-order valence-corrected chi connectivity index (χ3v) is 1.29. The van der Waals surface area contributed by atoms with E-state index in [-0.39, 0.29) is 29.0 Å². The summed E-state index contributed by atoms with van der Waals surface area (Å²) >= 11 is 0. The van der Waals surface area contributed by atoms with E-state index in [0.29, 0.717) is 13.0 Å². The van der Waals surface area contributed by atoms with Crippen LogP contribution in [0.3, 0.4) is 0 Å². The summed E-state index contributed by atoms with van der Waals surface area (Å²) in [6.45, 7) is 4.45. The van der Waals surface area contributed by atoms with Gasteiger partial charge in [0.15, 0.2) is 0 Å². The number of carbonyl (C=O) groups is 1. The van der Waals surface area contributed by atoms with Gasteiger partial charge >= 0.3 is 29.0 Å². The van der Waals surface area contributed by atoms with Crippen molar-refractivity contribution in [2.45, 2.75) is 39.5 Å². The molecule has 0 N–H and O–H groups in total. The Hall–Kier alpha value is 0.236. The predicted molar refractivity (Wildman–Crippen MR) is 46.5 cm³/mol. The third kappa shape index (κ3) is 10.2. The van der Waals surface area contributed by atoms with Crippen LogP contribution in [0.5, 0.6) is 0 Å². The molecule has 0 fully saturated rings. The van der Waals surface area contributed by atoms with Gasteiger partial charge in [0.2, 0.25) is 0 Å². The number of ether oxygens (including phenoxy) is 1. The Labute approximate surface area is 84.8 Å². The van der Waals surface area contributed by atoms with Gasteiger partial charge in [-0.15, -0.1) is 0 Å². The minimum atomic E-state index is -0.0593. The van der Waals surface area contributed by atoms with Crippen LogP contribution in [-0.4, -0.2) is 35.6 Å². The summed E-state index contributed by atoms with van der Waals surface area (Å²) in [5, 5.41) is 0. The van der Waals surface area contributed by atoms with E-state index in [1.165, 1.54) is 0 Å². The van der Waals surface area contributed by atoms with Gasteiger partial charge in [0.25, 0.3) is 0 Å². The molecule has 0 bridgehead atoms. The number of carbonyl (C=O) groups excluding carboxylic acids is 1. The van der Waals surface area contributed by atoms with Crippen LogP contribution in [0.2, 0.25) is 0 Å². The monoisotopic (exact) mass is 168 g/mol. The van der Waals surface area contributed by atoms with Crippen LogP contribution in [0.25, 0.3) is 0 Å². The predicted octanol–water partition coefficient (Wildman–Crippen LogP) is 1.75. The van der Waals surface area contributed by atoms with E-state index in [4.69, 9.17) is 4.74 Å². The number of hydrogen-bond donors (Lipinski definition) is 0. The number of hydrogen-bond acceptors (Lipinski definition) is 2. The average Bonchev–Trinajstić information content (AvgIpc) is 1.89. The van der Waals surface area contributed by atoms with Crippen molar-refractivity contribution < 1.29 is 9.53 Å². The Morgan fingerprint density at radius 3 is 2.36 bits per heavy atom. The zero-order valence-corrected chi connectivity index (χ0v) is 8.97. The molecule has 60 valence electrons. The molecule has 2 nitrogen and oxygen atoms in total. The molecule has 0 aliphatic heterocycles. The topological polar surface area (TPSA) is 26.3 Å². The van der Waals surface area contributed by atoms with Gasteiger partial charge in [-0.25, -0.2) is 0 Å². The first-order valence-electron chi connectivity index (χ1n) is 3.96. The van der Waals surface area contributed by atoms with E-state index in [1.54, 1.807) is 0 Å². The van der Waals surface area contributed by atoms with Crippen molar-refractivity contribution in [3.05, 3.63) is 0 Å². The summed E-state index contributed by atoms with van der Waals surface area (Å²) in [4.78, 5) is 10.7. The Balaban J connectivity index is 0. The van der Waals surface area contributed by atoms with E-state index in [0.717, 1.165) is 19.3 Å². The average molecular weight is 169 g/mol. The molecule has 0 rings (SSSR count). The molecule has 0 amide bonds. The molecule has 0 unspecified atom stereocenters. The summed E-state index contributed by atoms with van der Waals surface area (Å²) in [5.74, 6) is -0.0593. The second kappa shape index (κ2) is 10.2. The van der Waals surface area contributed by atoms with Crippen LogP contribution in [-0.2, 0) is 9.53 Å². The van der Waals surface area contributed by atoms with Gasteiger partial charge in [0, 0.05) is 6.42 Å². The molecular formula is C8H16MgO2+2. The molecule has 0 aromatic heterocycles. The molecule has 0 radical (unpaired) electrons. The molecule has 0 heterocycles. The van der Waals surface area contributed by atoms with Crippen LogP contribution in [0.15, 0.2) is 0 Å². The van der Waals surface area contributed by atoms with Crippen molar-refractivity contribution in [2.75, 3.05) is 6.61 Å². The first kappa shape index (κ1) is 13.8. The molecule has 0 saturated heterocycles. The van der Waals surface area contributed by atoms with Crippen LogP contribution < -0.4 is 0 Å². The molecular weight excluding hydrogens is 152 g/mol. The van der Waals surface area contributed by atoms with E-state index in [9.17, 15) is 4.79 Å². The molecule has 0 saturated carbocycles. The molecule has 0 atom stereocenters. The molecule has 0 spiro atoms. The van der Waals surface area contributed by atoms with Gasteiger partial charge in [-0.05, 0) is 13.3 Å². The van der Waals surface area contributed by atoms with Crippen molar-refractivity contribution in [1.29, 1.82) is 0 Å². The Bertz CT molecular complexity index is 94.1. The first-order valence-corrected chi connectivity index (χ1v) is 3.96. The van der Waals surface area contributed by atoms with Gasteiger partial charge in [0.05, 0.1) is 6.61 Å². The maximum absolute atomic E-state index is 10.7. The van der Waals surface area contributed by atoms with Crippen LogP contribution in [0.1, 0.15) is 39.5 Å². The van der Waals surface area contributed by atoms with E-state index in [1.807, 2.05) is 6.92 Å². The Kier molecular flexibility index (Phi) is 12.8. The Morgan fingerprint density at radius 1 is 1.27 bits per heavy atom. The van der Waals surface area contributed by atoms with Crippen molar-refractivity contribution in [1.82, 2.24) is 0 Å². The third-order valence-electron chi connectivity index (χ3n) is 1.29.